The van der Waals surface area contributed by atoms with Crippen LogP contribution in [0, 0.1) is 13.8 Å². The molecule has 1 heterocycles. The Morgan fingerprint density at radius 2 is 1.96 bits per heavy atom. The first-order valence-electron chi connectivity index (χ1n) is 8.28. The summed E-state index contributed by atoms with van der Waals surface area (Å²) in [4.78, 5) is 0. The van der Waals surface area contributed by atoms with Crippen molar-refractivity contribution in [3.05, 3.63) is 58.1 Å². The van der Waals surface area contributed by atoms with Gasteiger partial charge in [-0.05, 0) is 56.0 Å². The smallest absolute Gasteiger partial charge is 0.126 e. The molecule has 0 aromatic heterocycles. The van der Waals surface area contributed by atoms with Crippen molar-refractivity contribution < 1.29 is 9.47 Å². The summed E-state index contributed by atoms with van der Waals surface area (Å²) in [5.74, 6) is 1.94. The maximum atomic E-state index is 5.70. The second-order valence-corrected chi connectivity index (χ2v) is 6.14. The third-order valence-corrected chi connectivity index (χ3v) is 4.44. The lowest BCUT2D eigenvalue weighted by atomic mass is 9.88. The van der Waals surface area contributed by atoms with Gasteiger partial charge in [0.15, 0.2) is 0 Å². The second kappa shape index (κ2) is 6.63. The molecule has 0 fully saturated rings. The number of aryl methyl sites for hydroxylation is 2. The van der Waals surface area contributed by atoms with Crippen molar-refractivity contribution in [1.29, 1.82) is 0 Å². The first kappa shape index (κ1) is 15.9. The molecule has 1 aliphatic rings. The van der Waals surface area contributed by atoms with Crippen molar-refractivity contribution in [2.75, 3.05) is 20.3 Å². The minimum Gasteiger partial charge on any atom is -0.496 e. The molecule has 23 heavy (non-hydrogen) atoms. The van der Waals surface area contributed by atoms with Gasteiger partial charge in [-0.3, -0.25) is 0 Å². The van der Waals surface area contributed by atoms with Crippen LogP contribution in [0.1, 0.15) is 40.8 Å². The van der Waals surface area contributed by atoms with Gasteiger partial charge in [-0.25, -0.2) is 0 Å². The monoisotopic (exact) mass is 311 g/mol. The molecular formula is C20H25NO2. The van der Waals surface area contributed by atoms with E-state index in [1.165, 1.54) is 27.8 Å². The molecule has 0 aliphatic carbocycles. The minimum atomic E-state index is 0.169. The third-order valence-electron chi connectivity index (χ3n) is 4.44. The molecule has 3 rings (SSSR count). The molecule has 0 bridgehead atoms. The highest BCUT2D eigenvalue weighted by atomic mass is 16.5. The number of benzene rings is 2. The van der Waals surface area contributed by atoms with Crippen LogP contribution in [0.5, 0.6) is 11.5 Å². The van der Waals surface area contributed by atoms with E-state index in [-0.39, 0.29) is 6.04 Å². The average molecular weight is 311 g/mol. The average Bonchev–Trinajstić information content (AvgIpc) is 2.54. The Kier molecular flexibility index (Phi) is 4.58. The first-order chi connectivity index (χ1) is 11.1. The molecule has 0 amide bonds. The molecule has 2 aromatic carbocycles. The fourth-order valence-electron chi connectivity index (χ4n) is 3.56. The van der Waals surface area contributed by atoms with E-state index in [0.29, 0.717) is 6.61 Å². The predicted octanol–water partition coefficient (Wildman–Crippen LogP) is 3.95. The molecule has 1 aliphatic heterocycles. The number of ether oxygens (including phenoxy) is 2. The summed E-state index contributed by atoms with van der Waals surface area (Å²) in [5.41, 5.74) is 6.35. The van der Waals surface area contributed by atoms with E-state index in [4.69, 9.17) is 9.47 Å². The Morgan fingerprint density at radius 1 is 1.13 bits per heavy atom. The van der Waals surface area contributed by atoms with Gasteiger partial charge in [-0.15, -0.1) is 0 Å². The molecule has 1 N–H and O–H groups in total. The molecule has 2 aromatic rings. The van der Waals surface area contributed by atoms with Gasteiger partial charge >= 0.3 is 0 Å². The summed E-state index contributed by atoms with van der Waals surface area (Å²) in [6.07, 6.45) is 1.03. The minimum absolute atomic E-state index is 0.169. The highest BCUT2D eigenvalue weighted by Crippen LogP contribution is 2.37. The van der Waals surface area contributed by atoms with Crippen molar-refractivity contribution in [3.63, 3.8) is 0 Å². The molecule has 3 heteroatoms. The van der Waals surface area contributed by atoms with Crippen LogP contribution in [0.4, 0.5) is 0 Å². The zero-order chi connectivity index (χ0) is 16.4. The van der Waals surface area contributed by atoms with E-state index < -0.39 is 0 Å². The molecule has 0 saturated carbocycles. The standard InChI is InChI=1S/C20H25NO2/c1-5-23-16-6-7-17-15(12-16)8-9-21-19(17)18-11-13(2)10-14(3)20(18)22-4/h6-7,10-12,19,21H,5,8-9H2,1-4H3. The van der Waals surface area contributed by atoms with E-state index in [0.717, 1.165) is 24.5 Å². The second-order valence-electron chi connectivity index (χ2n) is 6.14. The van der Waals surface area contributed by atoms with Crippen molar-refractivity contribution in [1.82, 2.24) is 5.32 Å². The first-order valence-corrected chi connectivity index (χ1v) is 8.28. The number of fused-ring (bicyclic) bond motifs is 1. The number of hydrogen-bond acceptors (Lipinski definition) is 3. The van der Waals surface area contributed by atoms with Gasteiger partial charge in [0.05, 0.1) is 19.8 Å². The lowest BCUT2D eigenvalue weighted by Crippen LogP contribution is -2.31. The van der Waals surface area contributed by atoms with Gasteiger partial charge in [-0.1, -0.05) is 23.8 Å². The maximum Gasteiger partial charge on any atom is 0.126 e. The summed E-state index contributed by atoms with van der Waals surface area (Å²) >= 11 is 0. The van der Waals surface area contributed by atoms with Crippen molar-refractivity contribution in [2.45, 2.75) is 33.2 Å². The van der Waals surface area contributed by atoms with E-state index >= 15 is 0 Å². The molecule has 0 radical (unpaired) electrons. The Hall–Kier alpha value is -2.00. The summed E-state index contributed by atoms with van der Waals surface area (Å²) in [5, 5.41) is 3.65. The van der Waals surface area contributed by atoms with E-state index in [1.807, 2.05) is 6.92 Å². The Morgan fingerprint density at radius 3 is 2.70 bits per heavy atom. The largest absolute Gasteiger partial charge is 0.496 e. The van der Waals surface area contributed by atoms with Crippen LogP contribution in [0.25, 0.3) is 0 Å². The van der Waals surface area contributed by atoms with Crippen LogP contribution in [-0.4, -0.2) is 20.3 Å². The Balaban J connectivity index is 2.07. The lowest BCUT2D eigenvalue weighted by Gasteiger charge is -2.29. The van der Waals surface area contributed by atoms with Gasteiger partial charge in [-0.2, -0.15) is 0 Å². The number of hydrogen-bond donors (Lipinski definition) is 1. The van der Waals surface area contributed by atoms with Crippen LogP contribution in [0.3, 0.4) is 0 Å². The maximum absolute atomic E-state index is 5.70. The van der Waals surface area contributed by atoms with Crippen LogP contribution in [0.2, 0.25) is 0 Å². The summed E-state index contributed by atoms with van der Waals surface area (Å²) in [6.45, 7) is 7.92. The molecule has 122 valence electrons. The van der Waals surface area contributed by atoms with Crippen LogP contribution < -0.4 is 14.8 Å². The van der Waals surface area contributed by atoms with Crippen LogP contribution in [0.15, 0.2) is 30.3 Å². The van der Waals surface area contributed by atoms with E-state index in [1.54, 1.807) is 7.11 Å². The zero-order valence-corrected chi connectivity index (χ0v) is 14.4. The number of nitrogens with one attached hydrogen (secondary N) is 1. The number of methoxy groups -OCH3 is 1. The third kappa shape index (κ3) is 3.06. The van der Waals surface area contributed by atoms with E-state index in [9.17, 15) is 0 Å². The van der Waals surface area contributed by atoms with E-state index in [2.05, 4.69) is 49.5 Å². The van der Waals surface area contributed by atoms with Crippen molar-refractivity contribution in [2.24, 2.45) is 0 Å². The fourth-order valence-corrected chi connectivity index (χ4v) is 3.56. The highest BCUT2D eigenvalue weighted by Gasteiger charge is 2.25. The topological polar surface area (TPSA) is 30.5 Å². The Labute approximate surface area is 138 Å². The van der Waals surface area contributed by atoms with Gasteiger partial charge in [0.2, 0.25) is 0 Å². The summed E-state index contributed by atoms with van der Waals surface area (Å²) in [6, 6.07) is 11.0. The highest BCUT2D eigenvalue weighted by molar-refractivity contribution is 5.51. The molecular weight excluding hydrogens is 286 g/mol. The molecule has 1 atom stereocenters. The lowest BCUT2D eigenvalue weighted by molar-refractivity contribution is 0.339. The van der Waals surface area contributed by atoms with Crippen molar-refractivity contribution in [3.8, 4) is 11.5 Å². The Bertz CT molecular complexity index is 709. The van der Waals surface area contributed by atoms with Crippen LogP contribution in [-0.2, 0) is 6.42 Å². The van der Waals surface area contributed by atoms with Gasteiger partial charge < -0.3 is 14.8 Å². The summed E-state index contributed by atoms with van der Waals surface area (Å²) < 4.78 is 11.3. The molecule has 0 spiro atoms. The SMILES string of the molecule is CCOc1ccc2c(c1)CCNC2c1cc(C)cc(C)c1OC. The molecule has 0 saturated heterocycles. The molecule has 1 unspecified atom stereocenters. The van der Waals surface area contributed by atoms with Gasteiger partial charge in [0.25, 0.3) is 0 Å². The predicted molar refractivity (Wildman–Crippen MR) is 93.6 cm³/mol. The normalized spacial score (nSPS) is 16.8. The summed E-state index contributed by atoms with van der Waals surface area (Å²) in [7, 11) is 1.75. The van der Waals surface area contributed by atoms with Gasteiger partial charge in [0.1, 0.15) is 11.5 Å². The fraction of sp³-hybridized carbons (Fsp3) is 0.400. The molecule has 3 nitrogen and oxygen atoms in total. The zero-order valence-electron chi connectivity index (χ0n) is 14.4. The van der Waals surface area contributed by atoms with Gasteiger partial charge in [0, 0.05) is 12.1 Å². The van der Waals surface area contributed by atoms with Crippen LogP contribution >= 0.6 is 0 Å². The van der Waals surface area contributed by atoms with Crippen molar-refractivity contribution >= 4 is 0 Å². The quantitative estimate of drug-likeness (QED) is 0.927. The number of rotatable bonds is 4.